The molecule has 2 rings (SSSR count). The number of carboxylic acids is 1. The summed E-state index contributed by atoms with van der Waals surface area (Å²) in [7, 11) is -3.13. The van der Waals surface area contributed by atoms with Gasteiger partial charge in [-0.15, -0.1) is 0 Å². The number of aliphatic carboxylic acids is 1. The predicted octanol–water partition coefficient (Wildman–Crippen LogP) is 1.65. The summed E-state index contributed by atoms with van der Waals surface area (Å²) >= 11 is 0. The second kappa shape index (κ2) is 4.92. The normalized spacial score (nSPS) is 20.9. The van der Waals surface area contributed by atoms with Crippen molar-refractivity contribution in [2.75, 3.05) is 11.5 Å². The van der Waals surface area contributed by atoms with Gasteiger partial charge in [-0.25, -0.2) is 12.8 Å². The van der Waals surface area contributed by atoms with Crippen molar-refractivity contribution in [2.24, 2.45) is 5.41 Å². The van der Waals surface area contributed by atoms with Crippen LogP contribution in [-0.4, -0.2) is 31.0 Å². The summed E-state index contributed by atoms with van der Waals surface area (Å²) in [5.74, 6) is -1.66. The molecule has 0 saturated carbocycles. The van der Waals surface area contributed by atoms with Crippen LogP contribution in [-0.2, 0) is 21.1 Å². The number of benzene rings is 1. The van der Waals surface area contributed by atoms with Crippen LogP contribution in [0.3, 0.4) is 0 Å². The third-order valence-electron chi connectivity index (χ3n) is 3.67. The average Bonchev–Trinajstić information content (AvgIpc) is 2.32. The van der Waals surface area contributed by atoms with Gasteiger partial charge in [0.1, 0.15) is 15.7 Å². The van der Waals surface area contributed by atoms with E-state index < -0.39 is 27.0 Å². The summed E-state index contributed by atoms with van der Waals surface area (Å²) in [6, 6.07) is 5.78. The van der Waals surface area contributed by atoms with Crippen molar-refractivity contribution < 1.29 is 22.7 Å². The molecule has 0 spiro atoms. The smallest absolute Gasteiger partial charge is 0.310 e. The maximum atomic E-state index is 13.1. The molecule has 0 amide bonds. The summed E-state index contributed by atoms with van der Waals surface area (Å²) in [4.78, 5) is 11.5. The van der Waals surface area contributed by atoms with Crippen LogP contribution in [0.4, 0.5) is 4.39 Å². The number of carbonyl (C=O) groups is 1. The molecule has 0 atom stereocenters. The summed E-state index contributed by atoms with van der Waals surface area (Å²) in [5.41, 5.74) is -0.513. The van der Waals surface area contributed by atoms with Gasteiger partial charge in [-0.05, 0) is 37.0 Å². The Morgan fingerprint density at radius 2 is 1.95 bits per heavy atom. The van der Waals surface area contributed by atoms with Crippen molar-refractivity contribution in [1.29, 1.82) is 0 Å². The monoisotopic (exact) mass is 286 g/mol. The van der Waals surface area contributed by atoms with Crippen LogP contribution in [0.2, 0.25) is 0 Å². The minimum absolute atomic E-state index is 0.0845. The van der Waals surface area contributed by atoms with Crippen molar-refractivity contribution in [3.8, 4) is 0 Å². The molecule has 1 fully saturated rings. The standard InChI is InChI=1S/C13H15FO4S/c14-11-3-1-2-10(8-11)9-13(12(15)16)4-6-19(17,18)7-5-13/h1-3,8H,4-7,9H2,(H,15,16). The van der Waals surface area contributed by atoms with Gasteiger partial charge in [0.15, 0.2) is 0 Å². The summed E-state index contributed by atoms with van der Waals surface area (Å²) in [5, 5.41) is 9.40. The SMILES string of the molecule is O=C(O)C1(Cc2cccc(F)c2)CCS(=O)(=O)CC1. The molecule has 1 saturated heterocycles. The Morgan fingerprint density at radius 1 is 1.32 bits per heavy atom. The molecular formula is C13H15FO4S. The lowest BCUT2D eigenvalue weighted by molar-refractivity contribution is -0.149. The van der Waals surface area contributed by atoms with Gasteiger partial charge in [0.25, 0.3) is 0 Å². The molecule has 104 valence electrons. The van der Waals surface area contributed by atoms with E-state index in [9.17, 15) is 22.7 Å². The van der Waals surface area contributed by atoms with Crippen molar-refractivity contribution in [1.82, 2.24) is 0 Å². The lowest BCUT2D eigenvalue weighted by atomic mass is 9.76. The highest BCUT2D eigenvalue weighted by Gasteiger charge is 2.43. The number of rotatable bonds is 3. The third kappa shape index (κ3) is 3.12. The topological polar surface area (TPSA) is 71.4 Å². The molecule has 1 aliphatic heterocycles. The zero-order valence-electron chi connectivity index (χ0n) is 10.3. The summed E-state index contributed by atoms with van der Waals surface area (Å²) < 4.78 is 36.0. The zero-order valence-corrected chi connectivity index (χ0v) is 11.1. The maximum absolute atomic E-state index is 13.1. The Morgan fingerprint density at radius 3 is 2.47 bits per heavy atom. The van der Waals surface area contributed by atoms with E-state index in [4.69, 9.17) is 0 Å². The Hall–Kier alpha value is -1.43. The molecule has 0 bridgehead atoms. The predicted molar refractivity (Wildman–Crippen MR) is 68.1 cm³/mol. The first-order valence-electron chi connectivity index (χ1n) is 6.01. The zero-order chi connectivity index (χ0) is 14.1. The maximum Gasteiger partial charge on any atom is 0.310 e. The molecule has 0 aromatic heterocycles. The number of carboxylic acid groups (broad SMARTS) is 1. The van der Waals surface area contributed by atoms with Gasteiger partial charge in [-0.1, -0.05) is 12.1 Å². The summed E-state index contributed by atoms with van der Waals surface area (Å²) in [6.07, 6.45) is 0.331. The number of halogens is 1. The van der Waals surface area contributed by atoms with Crippen LogP contribution < -0.4 is 0 Å². The first kappa shape index (κ1) is 14.0. The van der Waals surface area contributed by atoms with E-state index in [2.05, 4.69) is 0 Å². The van der Waals surface area contributed by atoms with Gasteiger partial charge < -0.3 is 5.11 Å². The molecule has 1 aromatic rings. The fourth-order valence-corrected chi connectivity index (χ4v) is 4.04. The number of hydrogen-bond acceptors (Lipinski definition) is 3. The fraction of sp³-hybridized carbons (Fsp3) is 0.462. The quantitative estimate of drug-likeness (QED) is 0.917. The molecule has 19 heavy (non-hydrogen) atoms. The summed E-state index contributed by atoms with van der Waals surface area (Å²) in [6.45, 7) is 0. The minimum atomic E-state index is -3.13. The molecule has 0 unspecified atom stereocenters. The van der Waals surface area contributed by atoms with Gasteiger partial charge in [-0.3, -0.25) is 4.79 Å². The van der Waals surface area contributed by atoms with E-state index in [1.807, 2.05) is 0 Å². The van der Waals surface area contributed by atoms with Crippen molar-refractivity contribution in [2.45, 2.75) is 19.3 Å². The number of hydrogen-bond donors (Lipinski definition) is 1. The van der Waals surface area contributed by atoms with Crippen LogP contribution in [0, 0.1) is 11.2 Å². The van der Waals surface area contributed by atoms with E-state index in [-0.39, 0.29) is 30.8 Å². The van der Waals surface area contributed by atoms with Gasteiger partial charge in [0.05, 0.1) is 16.9 Å². The van der Waals surface area contributed by atoms with Crippen molar-refractivity contribution in [3.05, 3.63) is 35.6 Å². The molecule has 1 aromatic carbocycles. The van der Waals surface area contributed by atoms with Crippen LogP contribution in [0.5, 0.6) is 0 Å². The molecular weight excluding hydrogens is 271 g/mol. The Bertz CT molecular complexity index is 580. The Labute approximate surface area is 111 Å². The van der Waals surface area contributed by atoms with Crippen LogP contribution in [0.15, 0.2) is 24.3 Å². The van der Waals surface area contributed by atoms with E-state index in [1.165, 1.54) is 18.2 Å². The highest BCUT2D eigenvalue weighted by molar-refractivity contribution is 7.91. The Kier molecular flexibility index (Phi) is 3.62. The molecule has 1 aliphatic rings. The first-order valence-corrected chi connectivity index (χ1v) is 7.83. The second-order valence-corrected chi connectivity index (χ2v) is 7.35. The van der Waals surface area contributed by atoms with Crippen LogP contribution >= 0.6 is 0 Å². The lowest BCUT2D eigenvalue weighted by Gasteiger charge is -2.33. The van der Waals surface area contributed by atoms with E-state index in [0.29, 0.717) is 5.56 Å². The highest BCUT2D eigenvalue weighted by atomic mass is 32.2. The number of sulfone groups is 1. The molecule has 0 aliphatic carbocycles. The second-order valence-electron chi connectivity index (χ2n) is 5.04. The van der Waals surface area contributed by atoms with Crippen LogP contribution in [0.1, 0.15) is 18.4 Å². The Balaban J connectivity index is 2.24. The fourth-order valence-electron chi connectivity index (χ4n) is 2.43. The van der Waals surface area contributed by atoms with Crippen LogP contribution in [0.25, 0.3) is 0 Å². The molecule has 0 radical (unpaired) electrons. The first-order chi connectivity index (χ1) is 8.83. The average molecular weight is 286 g/mol. The van der Waals surface area contributed by atoms with Gasteiger partial charge in [0, 0.05) is 0 Å². The van der Waals surface area contributed by atoms with Crippen molar-refractivity contribution in [3.63, 3.8) is 0 Å². The van der Waals surface area contributed by atoms with E-state index in [1.54, 1.807) is 6.07 Å². The van der Waals surface area contributed by atoms with Crippen molar-refractivity contribution >= 4 is 15.8 Å². The molecule has 6 heteroatoms. The lowest BCUT2D eigenvalue weighted by Crippen LogP contribution is -2.41. The largest absolute Gasteiger partial charge is 0.481 e. The highest BCUT2D eigenvalue weighted by Crippen LogP contribution is 2.36. The minimum Gasteiger partial charge on any atom is -0.481 e. The molecule has 1 heterocycles. The van der Waals surface area contributed by atoms with Gasteiger partial charge in [0.2, 0.25) is 0 Å². The third-order valence-corrected chi connectivity index (χ3v) is 5.32. The molecule has 1 N–H and O–H groups in total. The molecule has 4 nitrogen and oxygen atoms in total. The van der Waals surface area contributed by atoms with E-state index in [0.717, 1.165) is 0 Å². The van der Waals surface area contributed by atoms with Gasteiger partial charge >= 0.3 is 5.97 Å². The van der Waals surface area contributed by atoms with E-state index >= 15 is 0 Å². The van der Waals surface area contributed by atoms with Gasteiger partial charge in [-0.2, -0.15) is 0 Å².